The van der Waals surface area contributed by atoms with Gasteiger partial charge in [0.05, 0.1) is 6.54 Å². The van der Waals surface area contributed by atoms with Gasteiger partial charge in [-0.3, -0.25) is 9.69 Å². The summed E-state index contributed by atoms with van der Waals surface area (Å²) in [7, 11) is 0.802. The molecular weight excluding hydrogens is 282 g/mol. The van der Waals surface area contributed by atoms with Crippen molar-refractivity contribution >= 4 is 22.1 Å². The van der Waals surface area contributed by atoms with E-state index in [1.165, 1.54) is 0 Å². The maximum Gasteiger partial charge on any atom is 0.411 e. The monoisotopic (exact) mass is 305 g/mol. The van der Waals surface area contributed by atoms with Gasteiger partial charge in [-0.2, -0.15) is 0 Å². The minimum Gasteiger partial charge on any atom is -0.443 e. The number of nitrogens with zero attached hydrogens (tertiary/aromatic N) is 1. The molecule has 0 saturated heterocycles. The lowest BCUT2D eigenvalue weighted by atomic mass is 10.0. The highest BCUT2D eigenvalue weighted by molar-refractivity contribution is 6.21. The van der Waals surface area contributed by atoms with Crippen LogP contribution in [0.25, 0.3) is 0 Å². The van der Waals surface area contributed by atoms with Crippen molar-refractivity contribution in [3.8, 4) is 0 Å². The predicted octanol–water partition coefficient (Wildman–Crippen LogP) is 2.22. The molecule has 1 atom stereocenters. The Labute approximate surface area is 128 Å². The van der Waals surface area contributed by atoms with Crippen molar-refractivity contribution in [3.05, 3.63) is 35.4 Å². The van der Waals surface area contributed by atoms with E-state index in [0.717, 1.165) is 27.8 Å². The first-order chi connectivity index (χ1) is 9.89. The van der Waals surface area contributed by atoms with E-state index >= 15 is 0 Å². The van der Waals surface area contributed by atoms with Gasteiger partial charge in [-0.05, 0) is 37.4 Å². The molecular formula is C16H23NO3Si. The minimum absolute atomic E-state index is 0.109. The maximum absolute atomic E-state index is 12.5. The number of carbonyl (C=O) groups is 2. The van der Waals surface area contributed by atoms with Crippen LogP contribution >= 0.6 is 0 Å². The number of amides is 1. The molecule has 21 heavy (non-hydrogen) atoms. The third kappa shape index (κ3) is 3.18. The van der Waals surface area contributed by atoms with Crippen LogP contribution in [0.15, 0.2) is 24.3 Å². The number of Topliss-reactive ketones (excluding diaryl/α,β-unsaturated/α-hetero) is 1. The van der Waals surface area contributed by atoms with E-state index in [0.29, 0.717) is 12.6 Å². The van der Waals surface area contributed by atoms with E-state index in [9.17, 15) is 9.59 Å². The second-order valence-corrected chi connectivity index (χ2v) is 6.74. The van der Waals surface area contributed by atoms with Crippen LogP contribution in [0.3, 0.4) is 0 Å². The van der Waals surface area contributed by atoms with Gasteiger partial charge >= 0.3 is 6.09 Å². The average Bonchev–Trinajstić information content (AvgIpc) is 2.85. The molecule has 0 aliphatic carbocycles. The van der Waals surface area contributed by atoms with Gasteiger partial charge in [0.1, 0.15) is 11.6 Å². The van der Waals surface area contributed by atoms with Gasteiger partial charge in [-0.1, -0.05) is 31.2 Å². The van der Waals surface area contributed by atoms with Crippen LogP contribution < -0.4 is 0 Å². The highest BCUT2D eigenvalue weighted by Crippen LogP contribution is 2.36. The molecule has 1 aromatic carbocycles. The number of ketones is 1. The quantitative estimate of drug-likeness (QED) is 0.801. The Morgan fingerprint density at radius 2 is 2.05 bits per heavy atom. The normalized spacial score (nSPS) is 17.7. The molecule has 0 N–H and O–H groups in total. The molecule has 0 aromatic heterocycles. The molecule has 0 saturated carbocycles. The smallest absolute Gasteiger partial charge is 0.411 e. The van der Waals surface area contributed by atoms with E-state index in [2.05, 4.69) is 0 Å². The summed E-state index contributed by atoms with van der Waals surface area (Å²) >= 11 is 0. The Morgan fingerprint density at radius 3 is 2.67 bits per heavy atom. The van der Waals surface area contributed by atoms with Gasteiger partial charge in [0, 0.05) is 10.2 Å². The van der Waals surface area contributed by atoms with E-state index < -0.39 is 17.7 Å². The summed E-state index contributed by atoms with van der Waals surface area (Å²) in [5.41, 5.74) is 1.47. The third-order valence-electron chi connectivity index (χ3n) is 4.11. The first-order valence-corrected chi connectivity index (χ1v) is 8.91. The van der Waals surface area contributed by atoms with Crippen molar-refractivity contribution in [2.45, 2.75) is 51.4 Å². The van der Waals surface area contributed by atoms with Crippen molar-refractivity contribution < 1.29 is 14.3 Å². The Morgan fingerprint density at radius 1 is 1.38 bits per heavy atom. The lowest BCUT2D eigenvalue weighted by molar-refractivity contribution is -0.122. The first kappa shape index (κ1) is 15.8. The standard InChI is InChI=1S/C16H23NO3Si/c1-4-16(2,3)20-15(19)17-9-11-7-5-6-8-12(11)14(17)13(18)10-21/h5-8,14H,4,9-10H2,1-3,21H3. The molecule has 4 nitrogen and oxygen atoms in total. The second-order valence-electron chi connectivity index (χ2n) is 6.03. The van der Waals surface area contributed by atoms with Crippen LogP contribution in [0.4, 0.5) is 4.79 Å². The molecule has 1 heterocycles. The van der Waals surface area contributed by atoms with E-state index in [4.69, 9.17) is 4.74 Å². The zero-order valence-electron chi connectivity index (χ0n) is 13.2. The average molecular weight is 305 g/mol. The molecule has 0 bridgehead atoms. The molecule has 1 aliphatic heterocycles. The van der Waals surface area contributed by atoms with Gasteiger partial charge < -0.3 is 4.74 Å². The highest BCUT2D eigenvalue weighted by atomic mass is 28.1. The van der Waals surface area contributed by atoms with Crippen LogP contribution in [0.1, 0.15) is 44.4 Å². The van der Waals surface area contributed by atoms with Crippen LogP contribution in [0, 0.1) is 0 Å². The van der Waals surface area contributed by atoms with Crippen molar-refractivity contribution in [3.63, 3.8) is 0 Å². The number of ether oxygens (including phenoxy) is 1. The van der Waals surface area contributed by atoms with Crippen molar-refractivity contribution in [2.24, 2.45) is 0 Å². The van der Waals surface area contributed by atoms with E-state index in [1.807, 2.05) is 45.0 Å². The van der Waals surface area contributed by atoms with Crippen molar-refractivity contribution in [2.75, 3.05) is 0 Å². The van der Waals surface area contributed by atoms with Crippen LogP contribution in [0.5, 0.6) is 0 Å². The van der Waals surface area contributed by atoms with Gasteiger partial charge in [0.25, 0.3) is 0 Å². The van der Waals surface area contributed by atoms with Crippen LogP contribution in [-0.2, 0) is 16.1 Å². The summed E-state index contributed by atoms with van der Waals surface area (Å²) in [6.07, 6.45) is 0.338. The number of hydrogen-bond donors (Lipinski definition) is 0. The highest BCUT2D eigenvalue weighted by Gasteiger charge is 2.39. The zero-order valence-corrected chi connectivity index (χ0v) is 15.2. The molecule has 1 aliphatic rings. The number of rotatable bonds is 4. The zero-order chi connectivity index (χ0) is 15.6. The second kappa shape index (κ2) is 6.01. The van der Waals surface area contributed by atoms with Crippen LogP contribution in [0.2, 0.25) is 6.04 Å². The van der Waals surface area contributed by atoms with E-state index in [1.54, 1.807) is 4.90 Å². The summed E-state index contributed by atoms with van der Waals surface area (Å²) < 4.78 is 5.57. The van der Waals surface area contributed by atoms with Gasteiger partial charge in [-0.25, -0.2) is 4.79 Å². The number of hydrogen-bond acceptors (Lipinski definition) is 3. The van der Waals surface area contributed by atoms with Crippen molar-refractivity contribution in [1.29, 1.82) is 0 Å². The fraction of sp³-hybridized carbons (Fsp3) is 0.500. The summed E-state index contributed by atoms with van der Waals surface area (Å²) in [5.74, 6) is 0.109. The summed E-state index contributed by atoms with van der Waals surface area (Å²) in [6, 6.07) is 7.83. The molecule has 114 valence electrons. The van der Waals surface area contributed by atoms with Gasteiger partial charge in [0.2, 0.25) is 0 Å². The Hall–Kier alpha value is -1.62. The first-order valence-electron chi connectivity index (χ1n) is 7.49. The minimum atomic E-state index is -0.513. The molecule has 2 rings (SSSR count). The molecule has 1 amide bonds. The molecule has 5 heteroatoms. The summed E-state index contributed by atoms with van der Waals surface area (Å²) in [5, 5.41) is 0. The SMILES string of the molecule is CCC(C)(C)OC(=O)N1Cc2ccccc2C1C(=O)C[SiH3]. The Bertz CT molecular complexity index is 556. The summed E-state index contributed by atoms with van der Waals surface area (Å²) in [4.78, 5) is 26.4. The van der Waals surface area contributed by atoms with Crippen molar-refractivity contribution in [1.82, 2.24) is 4.90 Å². The Balaban J connectivity index is 2.28. The Kier molecular flexibility index (Phi) is 4.51. The third-order valence-corrected chi connectivity index (χ3v) is 4.80. The fourth-order valence-corrected chi connectivity index (χ4v) is 2.85. The largest absolute Gasteiger partial charge is 0.443 e. The van der Waals surface area contributed by atoms with E-state index in [-0.39, 0.29) is 5.78 Å². The van der Waals surface area contributed by atoms with Crippen LogP contribution in [-0.4, -0.2) is 32.6 Å². The van der Waals surface area contributed by atoms with Gasteiger partial charge in [0.15, 0.2) is 5.78 Å². The molecule has 0 fully saturated rings. The molecule has 1 unspecified atom stereocenters. The number of carbonyl (C=O) groups excluding carboxylic acids is 2. The predicted molar refractivity (Wildman–Crippen MR) is 85.3 cm³/mol. The molecule has 0 radical (unpaired) electrons. The lowest BCUT2D eigenvalue weighted by Gasteiger charge is -2.29. The molecule has 0 spiro atoms. The molecule has 1 aromatic rings. The maximum atomic E-state index is 12.5. The summed E-state index contributed by atoms with van der Waals surface area (Å²) in [6.45, 7) is 6.20. The fourth-order valence-electron chi connectivity index (χ4n) is 2.47. The topological polar surface area (TPSA) is 46.6 Å². The number of benzene rings is 1. The number of fused-ring (bicyclic) bond motifs is 1. The van der Waals surface area contributed by atoms with Gasteiger partial charge in [-0.15, -0.1) is 0 Å². The lowest BCUT2D eigenvalue weighted by Crippen LogP contribution is -2.39.